The summed E-state index contributed by atoms with van der Waals surface area (Å²) in [6.45, 7) is 6.21. The van der Waals surface area contributed by atoms with E-state index < -0.39 is 0 Å². The minimum Gasteiger partial charge on any atom is -0.466 e. The smallest absolute Gasteiger partial charge is 0.331 e. The van der Waals surface area contributed by atoms with Gasteiger partial charge in [0.25, 0.3) is 0 Å². The lowest BCUT2D eigenvalue weighted by Gasteiger charge is -2.17. The summed E-state index contributed by atoms with van der Waals surface area (Å²) in [6.07, 6.45) is 5.45. The van der Waals surface area contributed by atoms with Gasteiger partial charge < -0.3 is 9.64 Å². The Morgan fingerprint density at radius 2 is 1.85 bits per heavy atom. The predicted octanol–water partition coefficient (Wildman–Crippen LogP) is 1.80. The maximum atomic E-state index is 10.8. The van der Waals surface area contributed by atoms with Crippen molar-refractivity contribution in [2.45, 2.75) is 26.7 Å². The Bertz CT molecular complexity index is 160. The van der Waals surface area contributed by atoms with E-state index in [9.17, 15) is 4.79 Å². The summed E-state index contributed by atoms with van der Waals surface area (Å²) in [7, 11) is 1.39. The van der Waals surface area contributed by atoms with E-state index in [0.29, 0.717) is 0 Å². The van der Waals surface area contributed by atoms with Gasteiger partial charge in [-0.1, -0.05) is 13.8 Å². The first-order chi connectivity index (χ1) is 6.24. The van der Waals surface area contributed by atoms with Crippen LogP contribution in [0.2, 0.25) is 0 Å². The molecule has 0 amide bonds. The largest absolute Gasteiger partial charge is 0.466 e. The SMILES string of the molecule is CCCN(C=CC(=O)OC)CCC. The fourth-order valence-electron chi connectivity index (χ4n) is 1.07. The summed E-state index contributed by atoms with van der Waals surface area (Å²) in [5.74, 6) is -0.294. The van der Waals surface area contributed by atoms with Crippen LogP contribution in [0.15, 0.2) is 12.3 Å². The zero-order chi connectivity index (χ0) is 10.1. The van der Waals surface area contributed by atoms with Gasteiger partial charge in [-0.3, -0.25) is 0 Å². The fraction of sp³-hybridized carbons (Fsp3) is 0.700. The average Bonchev–Trinajstić information content (AvgIpc) is 2.14. The van der Waals surface area contributed by atoms with Crippen LogP contribution in [-0.4, -0.2) is 31.1 Å². The molecule has 0 heterocycles. The molecule has 0 atom stereocenters. The number of methoxy groups -OCH3 is 1. The van der Waals surface area contributed by atoms with E-state index in [2.05, 4.69) is 23.5 Å². The Labute approximate surface area is 80.4 Å². The van der Waals surface area contributed by atoms with Crippen molar-refractivity contribution in [2.75, 3.05) is 20.2 Å². The fourth-order valence-corrected chi connectivity index (χ4v) is 1.07. The standard InChI is InChI=1S/C10H19NO2/c1-4-7-11(8-5-2)9-6-10(12)13-3/h6,9H,4-5,7-8H2,1-3H3. The molecule has 13 heavy (non-hydrogen) atoms. The van der Waals surface area contributed by atoms with Gasteiger partial charge in [-0.15, -0.1) is 0 Å². The molecule has 0 aromatic carbocycles. The van der Waals surface area contributed by atoms with Gasteiger partial charge in [0.1, 0.15) is 0 Å². The number of carbonyl (C=O) groups excluding carboxylic acids is 1. The van der Waals surface area contributed by atoms with Crippen LogP contribution in [0.1, 0.15) is 26.7 Å². The summed E-state index contributed by atoms with van der Waals surface area (Å²) in [4.78, 5) is 12.9. The molecule has 0 aromatic rings. The second-order valence-electron chi connectivity index (χ2n) is 2.87. The normalized spacial score (nSPS) is 10.4. The zero-order valence-electron chi connectivity index (χ0n) is 8.75. The molecule has 0 aromatic heterocycles. The lowest BCUT2D eigenvalue weighted by Crippen LogP contribution is -2.19. The van der Waals surface area contributed by atoms with Gasteiger partial charge in [-0.2, -0.15) is 0 Å². The Morgan fingerprint density at radius 1 is 1.31 bits per heavy atom. The van der Waals surface area contributed by atoms with E-state index in [1.54, 1.807) is 6.20 Å². The minimum absolute atomic E-state index is 0.294. The molecule has 3 heteroatoms. The van der Waals surface area contributed by atoms with Gasteiger partial charge in [0.05, 0.1) is 7.11 Å². The van der Waals surface area contributed by atoms with Gasteiger partial charge in [0, 0.05) is 25.4 Å². The molecular weight excluding hydrogens is 166 g/mol. The van der Waals surface area contributed by atoms with E-state index in [1.807, 2.05) is 0 Å². The van der Waals surface area contributed by atoms with E-state index in [-0.39, 0.29) is 5.97 Å². The molecule has 76 valence electrons. The van der Waals surface area contributed by atoms with Crippen molar-refractivity contribution in [3.63, 3.8) is 0 Å². The molecule has 0 fully saturated rings. The monoisotopic (exact) mass is 185 g/mol. The third kappa shape index (κ3) is 6.20. The highest BCUT2D eigenvalue weighted by Gasteiger charge is 1.97. The van der Waals surface area contributed by atoms with Crippen LogP contribution < -0.4 is 0 Å². The summed E-state index contributed by atoms with van der Waals surface area (Å²) in [6, 6.07) is 0. The average molecular weight is 185 g/mol. The number of ether oxygens (including phenoxy) is 1. The lowest BCUT2D eigenvalue weighted by atomic mass is 10.3. The predicted molar refractivity (Wildman–Crippen MR) is 53.3 cm³/mol. The van der Waals surface area contributed by atoms with Crippen LogP contribution in [0.3, 0.4) is 0 Å². The van der Waals surface area contributed by atoms with Crippen molar-refractivity contribution in [3.05, 3.63) is 12.3 Å². The van der Waals surface area contributed by atoms with Gasteiger partial charge in [0.15, 0.2) is 0 Å². The molecule has 0 unspecified atom stereocenters. The van der Waals surface area contributed by atoms with Crippen molar-refractivity contribution in [2.24, 2.45) is 0 Å². The Kier molecular flexibility index (Phi) is 7.07. The lowest BCUT2D eigenvalue weighted by molar-refractivity contribution is -0.134. The van der Waals surface area contributed by atoms with Gasteiger partial charge in [0.2, 0.25) is 0 Å². The molecular formula is C10H19NO2. The summed E-state index contributed by atoms with van der Waals surface area (Å²) < 4.78 is 4.50. The number of nitrogens with zero attached hydrogens (tertiary/aromatic N) is 1. The van der Waals surface area contributed by atoms with Crippen LogP contribution >= 0.6 is 0 Å². The van der Waals surface area contributed by atoms with Crippen LogP contribution in [0.4, 0.5) is 0 Å². The topological polar surface area (TPSA) is 29.5 Å². The summed E-state index contributed by atoms with van der Waals surface area (Å²) in [5.41, 5.74) is 0. The molecule has 0 rings (SSSR count). The molecule has 0 aliphatic rings. The summed E-state index contributed by atoms with van der Waals surface area (Å²) in [5, 5.41) is 0. The first-order valence-electron chi connectivity index (χ1n) is 4.74. The molecule has 0 spiro atoms. The van der Waals surface area contributed by atoms with E-state index in [0.717, 1.165) is 25.9 Å². The number of hydrogen-bond acceptors (Lipinski definition) is 3. The van der Waals surface area contributed by atoms with E-state index in [1.165, 1.54) is 13.2 Å². The summed E-state index contributed by atoms with van der Waals surface area (Å²) >= 11 is 0. The first-order valence-corrected chi connectivity index (χ1v) is 4.74. The second-order valence-corrected chi connectivity index (χ2v) is 2.87. The van der Waals surface area contributed by atoms with Crippen LogP contribution in [0.5, 0.6) is 0 Å². The molecule has 0 bridgehead atoms. The minimum atomic E-state index is -0.294. The number of esters is 1. The van der Waals surface area contributed by atoms with Crippen molar-refractivity contribution >= 4 is 5.97 Å². The molecule has 0 saturated heterocycles. The molecule has 0 aliphatic carbocycles. The number of carbonyl (C=O) groups is 1. The van der Waals surface area contributed by atoms with Crippen LogP contribution in [-0.2, 0) is 9.53 Å². The maximum absolute atomic E-state index is 10.8. The number of rotatable bonds is 6. The third-order valence-corrected chi connectivity index (χ3v) is 1.64. The quantitative estimate of drug-likeness (QED) is 0.467. The highest BCUT2D eigenvalue weighted by atomic mass is 16.5. The highest BCUT2D eigenvalue weighted by Crippen LogP contribution is 1.95. The first kappa shape index (κ1) is 12.0. The number of hydrogen-bond donors (Lipinski definition) is 0. The zero-order valence-corrected chi connectivity index (χ0v) is 8.75. The Hall–Kier alpha value is -0.990. The third-order valence-electron chi connectivity index (χ3n) is 1.64. The molecule has 0 radical (unpaired) electrons. The van der Waals surface area contributed by atoms with E-state index >= 15 is 0 Å². The Balaban J connectivity index is 3.91. The van der Waals surface area contributed by atoms with Crippen molar-refractivity contribution in [1.29, 1.82) is 0 Å². The maximum Gasteiger partial charge on any atom is 0.331 e. The molecule has 3 nitrogen and oxygen atoms in total. The van der Waals surface area contributed by atoms with Gasteiger partial charge >= 0.3 is 5.97 Å². The van der Waals surface area contributed by atoms with Gasteiger partial charge in [-0.25, -0.2) is 4.79 Å². The molecule has 0 N–H and O–H groups in total. The van der Waals surface area contributed by atoms with Crippen molar-refractivity contribution in [1.82, 2.24) is 4.90 Å². The van der Waals surface area contributed by atoms with Crippen molar-refractivity contribution < 1.29 is 9.53 Å². The molecule has 0 saturated carbocycles. The highest BCUT2D eigenvalue weighted by molar-refractivity contribution is 5.81. The van der Waals surface area contributed by atoms with Crippen molar-refractivity contribution in [3.8, 4) is 0 Å². The van der Waals surface area contributed by atoms with Gasteiger partial charge in [-0.05, 0) is 12.8 Å². The van der Waals surface area contributed by atoms with Crippen LogP contribution in [0.25, 0.3) is 0 Å². The second kappa shape index (κ2) is 7.65. The molecule has 0 aliphatic heterocycles. The van der Waals surface area contributed by atoms with E-state index in [4.69, 9.17) is 0 Å². The Morgan fingerprint density at radius 3 is 2.23 bits per heavy atom. The van der Waals surface area contributed by atoms with Crippen LogP contribution in [0, 0.1) is 0 Å².